The van der Waals surface area contributed by atoms with Crippen molar-refractivity contribution in [1.82, 2.24) is 10.2 Å². The van der Waals surface area contributed by atoms with E-state index in [1.807, 2.05) is 0 Å². The first-order chi connectivity index (χ1) is 5.55. The van der Waals surface area contributed by atoms with Gasteiger partial charge in [-0.2, -0.15) is 0 Å². The van der Waals surface area contributed by atoms with E-state index in [0.717, 1.165) is 31.2 Å². The van der Waals surface area contributed by atoms with Crippen LogP contribution in [0.15, 0.2) is 0 Å². The van der Waals surface area contributed by atoms with Gasteiger partial charge in [0.05, 0.1) is 0 Å². The van der Waals surface area contributed by atoms with Gasteiger partial charge < -0.3 is 10.2 Å². The first-order valence-corrected chi connectivity index (χ1v) is 4.99. The molecule has 1 fully saturated rings. The largest absolute Gasteiger partial charge is 0.363 e. The number of rotatable bonds is 2. The lowest BCUT2D eigenvalue weighted by Crippen LogP contribution is -2.58. The number of nitrogens with zero attached hydrogens (tertiary/aromatic N) is 1. The van der Waals surface area contributed by atoms with Crippen LogP contribution in [0, 0.1) is 5.41 Å². The van der Waals surface area contributed by atoms with Crippen molar-refractivity contribution in [3.63, 3.8) is 0 Å². The molecule has 1 rings (SSSR count). The van der Waals surface area contributed by atoms with Crippen LogP contribution in [0.2, 0.25) is 0 Å². The van der Waals surface area contributed by atoms with Gasteiger partial charge in [-0.1, -0.05) is 20.8 Å². The molecule has 1 heterocycles. The molecule has 0 bridgehead atoms. The third-order valence-electron chi connectivity index (χ3n) is 2.05. The zero-order chi connectivity index (χ0) is 9.19. The molecule has 0 saturated carbocycles. The van der Waals surface area contributed by atoms with E-state index in [1.165, 1.54) is 0 Å². The Hall–Kier alpha value is -0.310. The maximum Gasteiger partial charge on any atom is 0.168 e. The molecule has 1 aliphatic rings. The molecular formula is C9H18N2S. The van der Waals surface area contributed by atoms with Crippen LogP contribution in [0.3, 0.4) is 0 Å². The Labute approximate surface area is 80.3 Å². The molecule has 0 spiro atoms. The second kappa shape index (κ2) is 3.60. The molecule has 0 aromatic heterocycles. The van der Waals surface area contributed by atoms with E-state index in [4.69, 9.17) is 12.2 Å². The summed E-state index contributed by atoms with van der Waals surface area (Å²) in [6.07, 6.45) is 1.14. The second-order valence-electron chi connectivity index (χ2n) is 4.25. The fraction of sp³-hybridized carbons (Fsp3) is 0.889. The molecule has 0 atom stereocenters. The number of nitrogens with one attached hydrogen (secondary N) is 1. The van der Waals surface area contributed by atoms with Crippen LogP contribution in [-0.4, -0.2) is 29.6 Å². The van der Waals surface area contributed by atoms with E-state index in [1.54, 1.807) is 0 Å². The Morgan fingerprint density at radius 1 is 1.50 bits per heavy atom. The molecule has 0 radical (unpaired) electrons. The summed E-state index contributed by atoms with van der Waals surface area (Å²) in [7, 11) is 0. The Balaban J connectivity index is 2.19. The Kier molecular flexibility index (Phi) is 2.94. The van der Waals surface area contributed by atoms with Crippen molar-refractivity contribution < 1.29 is 0 Å². The highest BCUT2D eigenvalue weighted by atomic mass is 32.1. The van der Waals surface area contributed by atoms with Gasteiger partial charge in [0.1, 0.15) is 0 Å². The van der Waals surface area contributed by atoms with Crippen LogP contribution in [-0.2, 0) is 0 Å². The van der Waals surface area contributed by atoms with Gasteiger partial charge in [0.25, 0.3) is 0 Å². The maximum atomic E-state index is 5.21. The first kappa shape index (κ1) is 9.78. The van der Waals surface area contributed by atoms with Crippen molar-refractivity contribution >= 4 is 17.3 Å². The molecule has 12 heavy (non-hydrogen) atoms. The molecule has 1 saturated heterocycles. The Bertz CT molecular complexity index is 169. The lowest BCUT2D eigenvalue weighted by atomic mass is 9.85. The van der Waals surface area contributed by atoms with Crippen LogP contribution < -0.4 is 5.32 Å². The number of likely N-dealkylation sites (tertiary alicyclic amines) is 1. The molecule has 0 unspecified atom stereocenters. The van der Waals surface area contributed by atoms with Crippen LogP contribution in [0.5, 0.6) is 0 Å². The predicted molar refractivity (Wildman–Crippen MR) is 56.2 cm³/mol. The predicted octanol–water partition coefficient (Wildman–Crippen LogP) is 1.61. The minimum absolute atomic E-state index is 0.470. The molecule has 0 aliphatic carbocycles. The van der Waals surface area contributed by atoms with Crippen LogP contribution in [0.25, 0.3) is 0 Å². The normalized spacial score (nSPS) is 20.1. The van der Waals surface area contributed by atoms with Crippen LogP contribution in [0.1, 0.15) is 27.2 Å². The van der Waals surface area contributed by atoms with Gasteiger partial charge in [0.2, 0.25) is 0 Å². The van der Waals surface area contributed by atoms with E-state index in [9.17, 15) is 0 Å². The van der Waals surface area contributed by atoms with Gasteiger partial charge in [-0.15, -0.1) is 0 Å². The first-order valence-electron chi connectivity index (χ1n) is 4.58. The molecule has 3 heteroatoms. The van der Waals surface area contributed by atoms with Crippen molar-refractivity contribution in [3.05, 3.63) is 0 Å². The summed E-state index contributed by atoms with van der Waals surface area (Å²) >= 11 is 5.21. The summed E-state index contributed by atoms with van der Waals surface area (Å²) < 4.78 is 0. The highest BCUT2D eigenvalue weighted by Gasteiger charge is 2.35. The summed E-state index contributed by atoms with van der Waals surface area (Å²) in [6.45, 7) is 9.88. The van der Waals surface area contributed by atoms with E-state index in [0.29, 0.717) is 5.41 Å². The highest BCUT2D eigenvalue weighted by Crippen LogP contribution is 2.28. The fourth-order valence-corrected chi connectivity index (χ4v) is 1.71. The van der Waals surface area contributed by atoms with Gasteiger partial charge >= 0.3 is 0 Å². The molecule has 0 amide bonds. The van der Waals surface area contributed by atoms with E-state index >= 15 is 0 Å². The number of hydrogen-bond acceptors (Lipinski definition) is 1. The summed E-state index contributed by atoms with van der Waals surface area (Å²) in [5.74, 6) is 0. The maximum absolute atomic E-state index is 5.21. The van der Waals surface area contributed by atoms with E-state index in [-0.39, 0.29) is 0 Å². The molecule has 2 nitrogen and oxygen atoms in total. The quantitative estimate of drug-likeness (QED) is 0.660. The van der Waals surface area contributed by atoms with Gasteiger partial charge in [-0.25, -0.2) is 0 Å². The van der Waals surface area contributed by atoms with Gasteiger partial charge in [-0.3, -0.25) is 0 Å². The number of hydrogen-bond donors (Lipinski definition) is 1. The molecule has 0 aromatic rings. The standard InChI is InChI=1S/C9H18N2S/c1-4-5-10-8(12)11-6-9(2,3)7-11/h4-7H2,1-3H3,(H,10,12). The number of thiocarbonyl (C=S) groups is 1. The molecule has 1 N–H and O–H groups in total. The smallest absolute Gasteiger partial charge is 0.168 e. The van der Waals surface area contributed by atoms with Crippen LogP contribution in [0.4, 0.5) is 0 Å². The molecule has 70 valence electrons. The van der Waals surface area contributed by atoms with Gasteiger partial charge in [0.15, 0.2) is 5.11 Å². The summed E-state index contributed by atoms with van der Waals surface area (Å²) in [6, 6.07) is 0. The van der Waals surface area contributed by atoms with E-state index in [2.05, 4.69) is 31.0 Å². The van der Waals surface area contributed by atoms with Crippen molar-refractivity contribution in [2.75, 3.05) is 19.6 Å². The Morgan fingerprint density at radius 2 is 2.08 bits per heavy atom. The minimum Gasteiger partial charge on any atom is -0.363 e. The zero-order valence-corrected chi connectivity index (χ0v) is 9.00. The van der Waals surface area contributed by atoms with Gasteiger partial charge in [-0.05, 0) is 24.1 Å². The van der Waals surface area contributed by atoms with Crippen molar-refractivity contribution in [2.24, 2.45) is 5.41 Å². The van der Waals surface area contributed by atoms with Crippen molar-refractivity contribution in [1.29, 1.82) is 0 Å². The summed E-state index contributed by atoms with van der Waals surface area (Å²) in [5, 5.41) is 4.16. The minimum atomic E-state index is 0.470. The molecule has 0 aromatic carbocycles. The average Bonchev–Trinajstić information content (AvgIpc) is 1.95. The summed E-state index contributed by atoms with van der Waals surface area (Å²) in [4.78, 5) is 2.23. The second-order valence-corrected chi connectivity index (χ2v) is 4.64. The highest BCUT2D eigenvalue weighted by molar-refractivity contribution is 7.80. The Morgan fingerprint density at radius 3 is 2.50 bits per heavy atom. The lowest BCUT2D eigenvalue weighted by molar-refractivity contribution is 0.0978. The van der Waals surface area contributed by atoms with Crippen LogP contribution >= 0.6 is 12.2 Å². The lowest BCUT2D eigenvalue weighted by Gasteiger charge is -2.47. The van der Waals surface area contributed by atoms with Crippen molar-refractivity contribution in [3.8, 4) is 0 Å². The van der Waals surface area contributed by atoms with E-state index < -0.39 is 0 Å². The van der Waals surface area contributed by atoms with Gasteiger partial charge in [0, 0.05) is 19.6 Å². The monoisotopic (exact) mass is 186 g/mol. The average molecular weight is 186 g/mol. The third kappa shape index (κ3) is 2.34. The third-order valence-corrected chi connectivity index (χ3v) is 2.45. The zero-order valence-electron chi connectivity index (χ0n) is 8.18. The SMILES string of the molecule is CCCNC(=S)N1CC(C)(C)C1. The molecular weight excluding hydrogens is 168 g/mol. The topological polar surface area (TPSA) is 15.3 Å². The summed E-state index contributed by atoms with van der Waals surface area (Å²) in [5.41, 5.74) is 0.470. The van der Waals surface area contributed by atoms with Crippen molar-refractivity contribution in [2.45, 2.75) is 27.2 Å². The molecule has 1 aliphatic heterocycles. The fourth-order valence-electron chi connectivity index (χ4n) is 1.47.